The van der Waals surface area contributed by atoms with Crippen molar-refractivity contribution < 1.29 is 9.90 Å². The van der Waals surface area contributed by atoms with Crippen LogP contribution in [-0.4, -0.2) is 48.3 Å². The van der Waals surface area contributed by atoms with Crippen molar-refractivity contribution >= 4 is 5.91 Å². The third-order valence-electron chi connectivity index (χ3n) is 7.98. The van der Waals surface area contributed by atoms with Crippen molar-refractivity contribution in [2.24, 2.45) is 0 Å². The summed E-state index contributed by atoms with van der Waals surface area (Å²) in [5.74, 6) is -0.438. The normalized spacial score (nSPS) is 17.1. The second kappa shape index (κ2) is 10.2. The van der Waals surface area contributed by atoms with Crippen molar-refractivity contribution in [3.8, 4) is 23.1 Å². The first-order valence-corrected chi connectivity index (χ1v) is 13.9. The van der Waals surface area contributed by atoms with Crippen LogP contribution in [0.25, 0.3) is 17.2 Å². The van der Waals surface area contributed by atoms with E-state index in [0.29, 0.717) is 37.7 Å². The smallest absolute Gasteiger partial charge is 0.290 e. The molecule has 0 unspecified atom stereocenters. The highest BCUT2D eigenvalue weighted by Gasteiger charge is 2.34. The number of carbonyl (C=O) groups excluding carboxylic acids is 1. The lowest BCUT2D eigenvalue weighted by atomic mass is 9.99. The highest BCUT2D eigenvalue weighted by Crippen LogP contribution is 2.37. The largest absolute Gasteiger partial charge is 0.493 e. The van der Waals surface area contributed by atoms with E-state index >= 15 is 0 Å². The van der Waals surface area contributed by atoms with Crippen molar-refractivity contribution in [2.45, 2.75) is 57.9 Å². The molecule has 8 nitrogen and oxygen atoms in total. The Hall–Kier alpha value is -4.20. The molecule has 1 saturated heterocycles. The van der Waals surface area contributed by atoms with Crippen LogP contribution < -0.4 is 5.56 Å². The maximum atomic E-state index is 13.8. The predicted octanol–water partition coefficient (Wildman–Crippen LogP) is 4.89. The van der Waals surface area contributed by atoms with Crippen molar-refractivity contribution in [1.29, 1.82) is 0 Å². The molecule has 8 heteroatoms. The summed E-state index contributed by atoms with van der Waals surface area (Å²) in [5, 5.41) is 16.5. The Kier molecular flexibility index (Phi) is 6.54. The van der Waals surface area contributed by atoms with E-state index in [4.69, 9.17) is 5.10 Å². The highest BCUT2D eigenvalue weighted by molar-refractivity contribution is 5.96. The molecule has 4 aromatic rings. The fraction of sp³-hybridized carbons (Fsp3) is 0.355. The number of rotatable bonds is 7. The standard InChI is InChI=1S/C31H33N5O3/c1-3-20-11-8-12-21(4-2)27(20)36-28(25-16-18-35(33-25)24-13-14-24)32-29(37)26(31(36)39)30(38)34-17-15-23(19-34)22-9-6-5-7-10-22/h5-12,16,18,23-24,39H,3-4,13-15,17,19H2,1-2H3/t23-/m1/s1. The number of amides is 1. The Morgan fingerprint density at radius 2 is 1.69 bits per heavy atom. The zero-order valence-electron chi connectivity index (χ0n) is 22.4. The summed E-state index contributed by atoms with van der Waals surface area (Å²) in [6, 6.07) is 18.3. The van der Waals surface area contributed by atoms with E-state index in [-0.39, 0.29) is 23.2 Å². The summed E-state index contributed by atoms with van der Waals surface area (Å²) in [6.45, 7) is 5.09. The van der Waals surface area contributed by atoms with Crippen molar-refractivity contribution in [1.82, 2.24) is 24.2 Å². The molecular weight excluding hydrogens is 490 g/mol. The van der Waals surface area contributed by atoms with Gasteiger partial charge in [-0.1, -0.05) is 62.4 Å². The van der Waals surface area contributed by atoms with Gasteiger partial charge in [0.05, 0.1) is 11.7 Å². The van der Waals surface area contributed by atoms with Crippen LogP contribution in [0, 0.1) is 0 Å². The summed E-state index contributed by atoms with van der Waals surface area (Å²) >= 11 is 0. The fourth-order valence-corrected chi connectivity index (χ4v) is 5.68. The van der Waals surface area contributed by atoms with Crippen molar-refractivity contribution in [3.05, 3.63) is 93.4 Å². The molecule has 1 atom stereocenters. The summed E-state index contributed by atoms with van der Waals surface area (Å²) in [7, 11) is 0. The zero-order valence-corrected chi connectivity index (χ0v) is 22.4. The minimum Gasteiger partial charge on any atom is -0.493 e. The zero-order chi connectivity index (χ0) is 27.1. The number of aromatic hydroxyl groups is 1. The van der Waals surface area contributed by atoms with Gasteiger partial charge in [-0.2, -0.15) is 10.1 Å². The van der Waals surface area contributed by atoms with Gasteiger partial charge >= 0.3 is 0 Å². The minimum atomic E-state index is -0.736. The lowest BCUT2D eigenvalue weighted by Crippen LogP contribution is -2.34. The van der Waals surface area contributed by atoms with E-state index in [1.807, 2.05) is 67.2 Å². The van der Waals surface area contributed by atoms with Crippen LogP contribution in [0.3, 0.4) is 0 Å². The third kappa shape index (κ3) is 4.54. The predicted molar refractivity (Wildman–Crippen MR) is 149 cm³/mol. The van der Waals surface area contributed by atoms with Crippen LogP contribution >= 0.6 is 0 Å². The van der Waals surface area contributed by atoms with Gasteiger partial charge in [0.25, 0.3) is 11.5 Å². The molecule has 6 rings (SSSR count). The molecule has 3 heterocycles. The van der Waals surface area contributed by atoms with E-state index < -0.39 is 11.5 Å². The lowest BCUT2D eigenvalue weighted by Gasteiger charge is -2.23. The summed E-state index contributed by atoms with van der Waals surface area (Å²) in [4.78, 5) is 33.3. The summed E-state index contributed by atoms with van der Waals surface area (Å²) < 4.78 is 3.47. The van der Waals surface area contributed by atoms with Crippen molar-refractivity contribution in [3.63, 3.8) is 0 Å². The Balaban J connectivity index is 1.48. The minimum absolute atomic E-state index is 0.186. The third-order valence-corrected chi connectivity index (χ3v) is 7.98. The Labute approximate surface area is 227 Å². The molecule has 1 aliphatic carbocycles. The number of aryl methyl sites for hydroxylation is 2. The molecule has 1 saturated carbocycles. The van der Waals surface area contributed by atoms with Gasteiger partial charge in [-0.15, -0.1) is 0 Å². The van der Waals surface area contributed by atoms with Gasteiger partial charge in [-0.25, -0.2) is 0 Å². The number of likely N-dealkylation sites (tertiary alicyclic amines) is 1. The molecule has 2 aliphatic rings. The lowest BCUT2D eigenvalue weighted by molar-refractivity contribution is 0.0784. The van der Waals surface area contributed by atoms with Crippen molar-refractivity contribution in [2.75, 3.05) is 13.1 Å². The van der Waals surface area contributed by atoms with Crippen LogP contribution in [0.2, 0.25) is 0 Å². The highest BCUT2D eigenvalue weighted by atomic mass is 16.3. The fourth-order valence-electron chi connectivity index (χ4n) is 5.68. The molecule has 0 bridgehead atoms. The number of nitrogens with zero attached hydrogens (tertiary/aromatic N) is 5. The Morgan fingerprint density at radius 3 is 2.36 bits per heavy atom. The quantitative estimate of drug-likeness (QED) is 0.372. The van der Waals surface area contributed by atoms with Gasteiger partial charge in [0.1, 0.15) is 5.69 Å². The summed E-state index contributed by atoms with van der Waals surface area (Å²) in [6.07, 6.45) is 6.24. The molecule has 2 fully saturated rings. The molecule has 39 heavy (non-hydrogen) atoms. The van der Waals surface area contributed by atoms with E-state index in [9.17, 15) is 14.7 Å². The molecule has 2 aromatic carbocycles. The Morgan fingerprint density at radius 1 is 0.974 bits per heavy atom. The molecule has 2 aromatic heterocycles. The number of para-hydroxylation sites is 1. The molecular formula is C31H33N5O3. The van der Waals surface area contributed by atoms with Gasteiger partial charge in [0.15, 0.2) is 11.4 Å². The van der Waals surface area contributed by atoms with Gasteiger partial charge in [-0.05, 0) is 54.9 Å². The van der Waals surface area contributed by atoms with Crippen LogP contribution in [0.5, 0.6) is 5.88 Å². The van der Waals surface area contributed by atoms with Gasteiger partial charge < -0.3 is 10.0 Å². The maximum Gasteiger partial charge on any atom is 0.290 e. The number of hydrogen-bond donors (Lipinski definition) is 1. The maximum absolute atomic E-state index is 13.8. The van der Waals surface area contributed by atoms with Crippen LogP contribution in [0.15, 0.2) is 65.6 Å². The number of hydrogen-bond acceptors (Lipinski definition) is 5. The van der Waals surface area contributed by atoms with E-state index in [0.717, 1.165) is 36.1 Å². The van der Waals surface area contributed by atoms with E-state index in [1.165, 1.54) is 5.56 Å². The van der Waals surface area contributed by atoms with Gasteiger partial charge in [0, 0.05) is 25.2 Å². The SMILES string of the molecule is CCc1cccc(CC)c1-n1c(-c2ccn(C3CC3)n2)nc(=O)c(C(=O)N2CC[C@@H](c3ccccc3)C2)c1O. The van der Waals surface area contributed by atoms with Crippen LogP contribution in [-0.2, 0) is 12.8 Å². The summed E-state index contributed by atoms with van der Waals surface area (Å²) in [5.41, 5.74) is 3.36. The molecule has 1 aliphatic heterocycles. The molecule has 1 N–H and O–H groups in total. The number of carbonyl (C=O) groups is 1. The first kappa shape index (κ1) is 25.1. The average Bonchev–Trinajstić information content (AvgIpc) is 3.48. The average molecular weight is 524 g/mol. The van der Waals surface area contributed by atoms with E-state index in [2.05, 4.69) is 17.1 Å². The van der Waals surface area contributed by atoms with Crippen LogP contribution in [0.1, 0.15) is 72.1 Å². The second-order valence-electron chi connectivity index (χ2n) is 10.5. The monoisotopic (exact) mass is 523 g/mol. The molecule has 200 valence electrons. The molecule has 0 radical (unpaired) electrons. The first-order chi connectivity index (χ1) is 19.0. The van der Waals surface area contributed by atoms with E-state index in [1.54, 1.807) is 9.47 Å². The number of benzene rings is 2. The van der Waals surface area contributed by atoms with Gasteiger partial charge in [-0.3, -0.25) is 18.8 Å². The Bertz CT molecular complexity index is 1560. The van der Waals surface area contributed by atoms with Crippen LogP contribution in [0.4, 0.5) is 0 Å². The first-order valence-electron chi connectivity index (χ1n) is 13.9. The topological polar surface area (TPSA) is 93.2 Å². The number of aromatic nitrogens is 4. The molecule has 1 amide bonds. The van der Waals surface area contributed by atoms with Gasteiger partial charge in [0.2, 0.25) is 5.88 Å². The molecule has 0 spiro atoms. The second-order valence-corrected chi connectivity index (χ2v) is 10.5.